The Balaban J connectivity index is 1.46. The summed E-state index contributed by atoms with van der Waals surface area (Å²) in [6.45, 7) is 9.15. The Kier molecular flexibility index (Phi) is 11.3. The fraction of sp³-hybridized carbons (Fsp3) is 0.467. The van der Waals surface area contributed by atoms with E-state index in [0.717, 1.165) is 16.9 Å². The number of nitrogens with zero attached hydrogens (tertiary/aromatic N) is 1. The van der Waals surface area contributed by atoms with Crippen molar-refractivity contribution in [1.82, 2.24) is 15.5 Å². The molecule has 2 N–H and O–H groups in total. The zero-order valence-electron chi connectivity index (χ0n) is 23.7. The lowest BCUT2D eigenvalue weighted by atomic mass is 9.87. The molecule has 0 radical (unpaired) electrons. The van der Waals surface area contributed by atoms with Crippen LogP contribution in [0.1, 0.15) is 44.2 Å². The smallest absolute Gasteiger partial charge is 0.308 e. The molecule has 216 valence electrons. The summed E-state index contributed by atoms with van der Waals surface area (Å²) in [4.78, 5) is 39.8. The zero-order chi connectivity index (χ0) is 29.1. The largest absolute Gasteiger partial charge is 0.493 e. The van der Waals surface area contributed by atoms with E-state index in [2.05, 4.69) is 10.6 Å². The molecule has 1 heterocycles. The first-order valence-corrected chi connectivity index (χ1v) is 13.9. The van der Waals surface area contributed by atoms with Gasteiger partial charge in [0.2, 0.25) is 11.8 Å². The van der Waals surface area contributed by atoms with Gasteiger partial charge in [0.05, 0.1) is 13.0 Å². The summed E-state index contributed by atoms with van der Waals surface area (Å²) in [6.07, 6.45) is 1.05. The van der Waals surface area contributed by atoms with Crippen molar-refractivity contribution in [1.29, 1.82) is 0 Å². The molecule has 0 aromatic heterocycles. The predicted octanol–water partition coefficient (Wildman–Crippen LogP) is 3.70. The number of thiocarbonyl (C=S) groups is 1. The normalized spacial score (nSPS) is 15.2. The minimum atomic E-state index is -0.877. The first-order valence-electron chi connectivity index (χ1n) is 13.5. The second kappa shape index (κ2) is 14.6. The van der Waals surface area contributed by atoms with Gasteiger partial charge in [-0.3, -0.25) is 14.4 Å². The van der Waals surface area contributed by atoms with Gasteiger partial charge in [-0.05, 0) is 68.2 Å². The van der Waals surface area contributed by atoms with Crippen molar-refractivity contribution in [2.75, 3.05) is 32.9 Å². The SMILES string of the molecule is Cc1ccc(C)c(OCCCC(C)(C)C(=O)NC(=S)N2CCNC(=O)C2CC(=O)OCCOc2ccccc2)c1. The number of piperazine rings is 1. The molecule has 0 spiro atoms. The molecule has 2 aromatic carbocycles. The third-order valence-electron chi connectivity index (χ3n) is 6.69. The van der Waals surface area contributed by atoms with E-state index in [1.54, 1.807) is 4.90 Å². The van der Waals surface area contributed by atoms with E-state index in [-0.39, 0.29) is 36.6 Å². The molecule has 2 aromatic rings. The van der Waals surface area contributed by atoms with Crippen molar-refractivity contribution in [3.05, 3.63) is 59.7 Å². The molecule has 1 unspecified atom stereocenters. The van der Waals surface area contributed by atoms with Crippen molar-refractivity contribution in [3.8, 4) is 11.5 Å². The first kappa shape index (κ1) is 30.9. The summed E-state index contributed by atoms with van der Waals surface area (Å²) in [5, 5.41) is 5.65. The molecule has 1 aliphatic heterocycles. The average Bonchev–Trinajstić information content (AvgIpc) is 2.92. The van der Waals surface area contributed by atoms with Crippen LogP contribution in [0, 0.1) is 19.3 Å². The van der Waals surface area contributed by atoms with Crippen LogP contribution in [0.4, 0.5) is 0 Å². The molecule has 2 amide bonds. The molecule has 40 heavy (non-hydrogen) atoms. The highest BCUT2D eigenvalue weighted by molar-refractivity contribution is 7.80. The molecule has 1 fully saturated rings. The summed E-state index contributed by atoms with van der Waals surface area (Å²) in [5.41, 5.74) is 1.47. The predicted molar refractivity (Wildman–Crippen MR) is 156 cm³/mol. The Morgan fingerprint density at radius 2 is 1.82 bits per heavy atom. The third kappa shape index (κ3) is 9.22. The quantitative estimate of drug-likeness (QED) is 0.227. The fourth-order valence-corrected chi connectivity index (χ4v) is 4.53. The van der Waals surface area contributed by atoms with E-state index in [0.29, 0.717) is 38.3 Å². The summed E-state index contributed by atoms with van der Waals surface area (Å²) in [7, 11) is 0. The van der Waals surface area contributed by atoms with E-state index < -0.39 is 17.4 Å². The standard InChI is InChI=1S/C30H39N3O6S/c1-21-11-12-22(2)25(19-21)38-16-8-13-30(3,4)28(36)32-29(40)33-15-14-31-27(35)24(33)20-26(34)39-18-17-37-23-9-6-5-7-10-23/h5-7,9-12,19,24H,8,13-18,20H2,1-4H3,(H,31,35)(H,32,36,40). The number of esters is 1. The number of amides is 2. The Morgan fingerprint density at radius 1 is 1.07 bits per heavy atom. The van der Waals surface area contributed by atoms with Gasteiger partial charge >= 0.3 is 5.97 Å². The topological polar surface area (TPSA) is 106 Å². The van der Waals surface area contributed by atoms with Gasteiger partial charge in [0.25, 0.3) is 0 Å². The summed E-state index contributed by atoms with van der Waals surface area (Å²) >= 11 is 5.51. The van der Waals surface area contributed by atoms with Crippen molar-refractivity contribution in [3.63, 3.8) is 0 Å². The van der Waals surface area contributed by atoms with Gasteiger partial charge in [-0.1, -0.05) is 44.2 Å². The van der Waals surface area contributed by atoms with Gasteiger partial charge < -0.3 is 29.7 Å². The lowest BCUT2D eigenvalue weighted by Gasteiger charge is -2.37. The van der Waals surface area contributed by atoms with Gasteiger partial charge in [-0.2, -0.15) is 0 Å². The molecule has 1 aliphatic rings. The van der Waals surface area contributed by atoms with Crippen LogP contribution in [0.25, 0.3) is 0 Å². The lowest BCUT2D eigenvalue weighted by molar-refractivity contribution is -0.148. The number of ether oxygens (including phenoxy) is 3. The van der Waals surface area contributed by atoms with Gasteiger partial charge in [0.15, 0.2) is 5.11 Å². The molecular weight excluding hydrogens is 530 g/mol. The van der Waals surface area contributed by atoms with E-state index in [9.17, 15) is 14.4 Å². The number of carbonyl (C=O) groups excluding carboxylic acids is 3. The number of nitrogens with one attached hydrogen (secondary N) is 2. The maximum Gasteiger partial charge on any atom is 0.308 e. The molecule has 10 heteroatoms. The van der Waals surface area contributed by atoms with Gasteiger partial charge in [0, 0.05) is 18.5 Å². The molecule has 1 saturated heterocycles. The number of carbonyl (C=O) groups is 3. The number of rotatable bonds is 12. The van der Waals surface area contributed by atoms with E-state index >= 15 is 0 Å². The van der Waals surface area contributed by atoms with Crippen LogP contribution in [-0.2, 0) is 19.1 Å². The lowest BCUT2D eigenvalue weighted by Crippen LogP contribution is -2.61. The van der Waals surface area contributed by atoms with E-state index in [1.165, 1.54) is 0 Å². The number of hydrogen-bond acceptors (Lipinski definition) is 7. The van der Waals surface area contributed by atoms with Gasteiger partial charge in [-0.15, -0.1) is 0 Å². The van der Waals surface area contributed by atoms with E-state index in [4.69, 9.17) is 26.4 Å². The maximum atomic E-state index is 13.1. The average molecular weight is 570 g/mol. The third-order valence-corrected chi connectivity index (χ3v) is 7.03. The summed E-state index contributed by atoms with van der Waals surface area (Å²) in [5.74, 6) is 0.370. The Labute approximate surface area is 241 Å². The van der Waals surface area contributed by atoms with Crippen LogP contribution in [0.3, 0.4) is 0 Å². The zero-order valence-corrected chi connectivity index (χ0v) is 24.5. The fourth-order valence-electron chi connectivity index (χ4n) is 4.22. The molecule has 1 atom stereocenters. The van der Waals surface area contributed by atoms with Crippen molar-refractivity contribution in [2.24, 2.45) is 5.41 Å². The van der Waals surface area contributed by atoms with Crippen molar-refractivity contribution in [2.45, 2.75) is 53.0 Å². The highest BCUT2D eigenvalue weighted by Crippen LogP contribution is 2.25. The summed E-state index contributed by atoms with van der Waals surface area (Å²) in [6, 6.07) is 14.4. The first-order chi connectivity index (χ1) is 19.1. The molecular formula is C30H39N3O6S. The van der Waals surface area contributed by atoms with Crippen LogP contribution in [0.15, 0.2) is 48.5 Å². The van der Waals surface area contributed by atoms with E-state index in [1.807, 2.05) is 76.2 Å². The summed E-state index contributed by atoms with van der Waals surface area (Å²) < 4.78 is 16.7. The number of para-hydroxylation sites is 1. The van der Waals surface area contributed by atoms with Gasteiger partial charge in [-0.25, -0.2) is 0 Å². The maximum absolute atomic E-state index is 13.1. The molecule has 0 aliphatic carbocycles. The van der Waals surface area contributed by atoms with Crippen LogP contribution < -0.4 is 20.1 Å². The van der Waals surface area contributed by atoms with Crippen LogP contribution in [0.2, 0.25) is 0 Å². The molecule has 0 bridgehead atoms. The highest BCUT2D eigenvalue weighted by atomic mass is 32.1. The van der Waals surface area contributed by atoms with Gasteiger partial charge in [0.1, 0.15) is 30.8 Å². The minimum absolute atomic E-state index is 0.0462. The van der Waals surface area contributed by atoms with Crippen LogP contribution in [-0.4, -0.2) is 66.7 Å². The minimum Gasteiger partial charge on any atom is -0.493 e. The second-order valence-electron chi connectivity index (χ2n) is 10.5. The van der Waals surface area contributed by atoms with Crippen LogP contribution >= 0.6 is 12.2 Å². The highest BCUT2D eigenvalue weighted by Gasteiger charge is 2.36. The number of hydrogen-bond donors (Lipinski definition) is 2. The Morgan fingerprint density at radius 3 is 2.58 bits per heavy atom. The Bertz CT molecular complexity index is 1190. The molecule has 3 rings (SSSR count). The molecule has 0 saturated carbocycles. The second-order valence-corrected chi connectivity index (χ2v) is 10.8. The number of benzene rings is 2. The van der Waals surface area contributed by atoms with Crippen LogP contribution in [0.5, 0.6) is 11.5 Å². The molecule has 9 nitrogen and oxygen atoms in total. The Hall–Kier alpha value is -3.66. The van der Waals surface area contributed by atoms with Crippen molar-refractivity contribution < 1.29 is 28.6 Å². The van der Waals surface area contributed by atoms with Crippen molar-refractivity contribution >= 4 is 35.1 Å². The monoisotopic (exact) mass is 569 g/mol. The number of aryl methyl sites for hydroxylation is 2.